The molecule has 0 aliphatic heterocycles. The molecule has 0 saturated carbocycles. The van der Waals surface area contributed by atoms with Crippen molar-refractivity contribution in [1.82, 2.24) is 4.98 Å². The van der Waals surface area contributed by atoms with Crippen LogP contribution in [0.2, 0.25) is 0 Å². The molecule has 0 amide bonds. The maximum atomic E-state index is 11.0. The zero-order valence-corrected chi connectivity index (χ0v) is 9.45. The Balaban J connectivity index is 2.26. The summed E-state index contributed by atoms with van der Waals surface area (Å²) in [4.78, 5) is 4.19. The topological polar surface area (TPSA) is 75.1 Å². The van der Waals surface area contributed by atoms with Gasteiger partial charge in [0.1, 0.15) is 0 Å². The number of nitrogens with zero attached hydrogens (tertiary/aromatic N) is 1. The number of pyridine rings is 1. The summed E-state index contributed by atoms with van der Waals surface area (Å²) in [6, 6.07) is 9.43. The van der Waals surface area contributed by atoms with Crippen LogP contribution >= 0.6 is 0 Å². The van der Waals surface area contributed by atoms with Crippen LogP contribution in [0.5, 0.6) is 0 Å². The first kappa shape index (κ1) is 10.8. The van der Waals surface area contributed by atoms with Crippen LogP contribution in [0, 0.1) is 4.78 Å². The molecule has 84 valence electrons. The van der Waals surface area contributed by atoms with Gasteiger partial charge in [-0.2, -0.15) is 4.28 Å². The van der Waals surface area contributed by atoms with Crippen molar-refractivity contribution in [1.29, 1.82) is 4.78 Å². The lowest BCUT2D eigenvalue weighted by molar-refractivity contribution is 0.429. The van der Waals surface area contributed by atoms with Gasteiger partial charge in [0.15, 0.2) is 10.0 Å². The smallest absolute Gasteiger partial charge is 0.179 e. The molecule has 0 spiro atoms. The summed E-state index contributed by atoms with van der Waals surface area (Å²) in [5.41, 5.74) is 3.89. The van der Waals surface area contributed by atoms with Gasteiger partial charge in [-0.1, -0.05) is 18.2 Å². The lowest BCUT2D eigenvalue weighted by Crippen LogP contribution is -2.07. The Labute approximate surface area is 93.6 Å². The van der Waals surface area contributed by atoms with Crippen molar-refractivity contribution in [2.45, 2.75) is 0 Å². The highest BCUT2D eigenvalue weighted by Crippen LogP contribution is 2.16. The van der Waals surface area contributed by atoms with E-state index in [1.54, 1.807) is 6.20 Å². The highest BCUT2D eigenvalue weighted by atomic mass is 32.2. The summed E-state index contributed by atoms with van der Waals surface area (Å²) >= 11 is 0. The van der Waals surface area contributed by atoms with Gasteiger partial charge in [-0.3, -0.25) is 4.98 Å². The standard InChI is InChI=1S/C10H11N3O2S/c1-16(11,14)15-13-9-6-8-4-2-3-5-10(8)12-7-9/h2-7,11,13H,1H3. The van der Waals surface area contributed by atoms with Crippen LogP contribution in [0.15, 0.2) is 36.5 Å². The number of hydrogen-bond donors (Lipinski definition) is 2. The number of anilines is 1. The van der Waals surface area contributed by atoms with Gasteiger partial charge in [-0.15, -0.1) is 0 Å². The first-order chi connectivity index (χ1) is 7.54. The first-order valence-electron chi connectivity index (χ1n) is 4.58. The van der Waals surface area contributed by atoms with Crippen LogP contribution in [0.25, 0.3) is 10.9 Å². The van der Waals surface area contributed by atoms with Gasteiger partial charge in [-0.25, -0.2) is 14.5 Å². The monoisotopic (exact) mass is 237 g/mol. The summed E-state index contributed by atoms with van der Waals surface area (Å²) in [7, 11) is -3.01. The molecule has 1 aromatic carbocycles. The largest absolute Gasteiger partial charge is 0.254 e. The molecule has 6 heteroatoms. The minimum atomic E-state index is -3.01. The van der Waals surface area contributed by atoms with Crippen LogP contribution in [0.4, 0.5) is 5.69 Å². The molecule has 5 nitrogen and oxygen atoms in total. The number of nitrogens with one attached hydrogen (secondary N) is 2. The van der Waals surface area contributed by atoms with E-state index in [1.165, 1.54) is 6.26 Å². The van der Waals surface area contributed by atoms with Gasteiger partial charge in [0.2, 0.25) is 0 Å². The van der Waals surface area contributed by atoms with E-state index in [-0.39, 0.29) is 0 Å². The highest BCUT2D eigenvalue weighted by molar-refractivity contribution is 7.87. The van der Waals surface area contributed by atoms with E-state index in [9.17, 15) is 4.21 Å². The Morgan fingerprint density at radius 3 is 2.94 bits per heavy atom. The molecule has 2 aromatic rings. The Bertz CT molecular complexity index is 610. The number of rotatable bonds is 3. The van der Waals surface area contributed by atoms with E-state index < -0.39 is 10.0 Å². The fourth-order valence-electron chi connectivity index (χ4n) is 1.25. The van der Waals surface area contributed by atoms with Gasteiger partial charge >= 0.3 is 0 Å². The molecule has 0 aliphatic rings. The number of aromatic nitrogens is 1. The Morgan fingerprint density at radius 2 is 2.19 bits per heavy atom. The zero-order chi connectivity index (χ0) is 11.6. The Hall–Kier alpha value is -1.66. The molecular formula is C10H11N3O2S. The predicted octanol–water partition coefficient (Wildman–Crippen LogP) is 2.17. The van der Waals surface area contributed by atoms with Gasteiger partial charge in [0.05, 0.1) is 17.4 Å². The number of hydrogen-bond acceptors (Lipinski definition) is 5. The maximum absolute atomic E-state index is 11.0. The highest BCUT2D eigenvalue weighted by Gasteiger charge is 2.00. The maximum Gasteiger partial charge on any atom is 0.179 e. The summed E-state index contributed by atoms with van der Waals surface area (Å²) in [5, 5.41) is 0.948. The minimum Gasteiger partial charge on any atom is -0.254 e. The van der Waals surface area contributed by atoms with Crippen molar-refractivity contribution >= 4 is 26.6 Å². The van der Waals surface area contributed by atoms with Gasteiger partial charge < -0.3 is 0 Å². The van der Waals surface area contributed by atoms with Gasteiger partial charge in [0, 0.05) is 11.6 Å². The summed E-state index contributed by atoms with van der Waals surface area (Å²) in [6.07, 6.45) is 2.75. The summed E-state index contributed by atoms with van der Waals surface area (Å²) in [6.45, 7) is 0. The fourth-order valence-corrected chi connectivity index (χ4v) is 1.51. The molecule has 1 aromatic heterocycles. The van der Waals surface area contributed by atoms with E-state index in [1.807, 2.05) is 30.3 Å². The first-order valence-corrected chi connectivity index (χ1v) is 6.47. The molecule has 1 unspecified atom stereocenters. The normalized spacial score (nSPS) is 14.6. The van der Waals surface area contributed by atoms with Crippen molar-refractivity contribution in [3.63, 3.8) is 0 Å². The molecule has 16 heavy (non-hydrogen) atoms. The molecule has 1 atom stereocenters. The Kier molecular flexibility index (Phi) is 2.76. The van der Waals surface area contributed by atoms with Crippen LogP contribution in [-0.4, -0.2) is 15.4 Å². The van der Waals surface area contributed by atoms with Crippen LogP contribution in [0.3, 0.4) is 0 Å². The number of para-hydroxylation sites is 1. The van der Waals surface area contributed by atoms with Crippen LogP contribution < -0.4 is 5.48 Å². The van der Waals surface area contributed by atoms with Crippen molar-refractivity contribution in [3.8, 4) is 0 Å². The average Bonchev–Trinajstić information content (AvgIpc) is 2.25. The van der Waals surface area contributed by atoms with Crippen molar-refractivity contribution in [2.75, 3.05) is 11.7 Å². The van der Waals surface area contributed by atoms with E-state index in [2.05, 4.69) is 14.7 Å². The lowest BCUT2D eigenvalue weighted by Gasteiger charge is -2.06. The molecule has 0 bridgehead atoms. The van der Waals surface area contributed by atoms with E-state index >= 15 is 0 Å². The second-order valence-corrected chi connectivity index (χ2v) is 5.09. The van der Waals surface area contributed by atoms with Crippen LogP contribution in [-0.2, 0) is 14.3 Å². The molecule has 2 N–H and O–H groups in total. The van der Waals surface area contributed by atoms with Crippen molar-refractivity contribution in [3.05, 3.63) is 36.5 Å². The van der Waals surface area contributed by atoms with E-state index in [0.29, 0.717) is 5.69 Å². The average molecular weight is 237 g/mol. The number of fused-ring (bicyclic) bond motifs is 1. The van der Waals surface area contributed by atoms with Crippen molar-refractivity contribution < 1.29 is 8.49 Å². The molecule has 2 rings (SSSR count). The van der Waals surface area contributed by atoms with Crippen molar-refractivity contribution in [2.24, 2.45) is 0 Å². The summed E-state index contributed by atoms with van der Waals surface area (Å²) in [5.74, 6) is 0. The quantitative estimate of drug-likeness (QED) is 0.802. The minimum absolute atomic E-state index is 0.570. The van der Waals surface area contributed by atoms with Gasteiger partial charge in [-0.05, 0) is 12.1 Å². The second kappa shape index (κ2) is 4.07. The molecule has 0 aliphatic carbocycles. The molecule has 0 saturated heterocycles. The predicted molar refractivity (Wildman–Crippen MR) is 63.2 cm³/mol. The molecule has 0 radical (unpaired) electrons. The fraction of sp³-hybridized carbons (Fsp3) is 0.100. The van der Waals surface area contributed by atoms with Gasteiger partial charge in [0.25, 0.3) is 0 Å². The third-order valence-electron chi connectivity index (χ3n) is 1.91. The van der Waals surface area contributed by atoms with E-state index in [4.69, 9.17) is 4.78 Å². The van der Waals surface area contributed by atoms with E-state index in [0.717, 1.165) is 10.9 Å². The Morgan fingerprint density at radius 1 is 1.44 bits per heavy atom. The second-order valence-electron chi connectivity index (χ2n) is 3.37. The third-order valence-corrected chi connectivity index (χ3v) is 2.31. The molecule has 0 fully saturated rings. The third kappa shape index (κ3) is 2.68. The SMILES string of the molecule is CS(=N)(=O)ONc1cnc2ccccc2c1. The van der Waals surface area contributed by atoms with Crippen LogP contribution in [0.1, 0.15) is 0 Å². The summed E-state index contributed by atoms with van der Waals surface area (Å²) < 4.78 is 22.7. The number of benzene rings is 1. The lowest BCUT2D eigenvalue weighted by atomic mass is 10.2. The zero-order valence-electron chi connectivity index (χ0n) is 8.64. The molecular weight excluding hydrogens is 226 g/mol. The molecule has 1 heterocycles.